The fourth-order valence-corrected chi connectivity index (χ4v) is 4.40. The van der Waals surface area contributed by atoms with E-state index in [0.717, 1.165) is 52.9 Å². The quantitative estimate of drug-likeness (QED) is 0.451. The number of hydrogen-bond acceptors (Lipinski definition) is 6. The number of aromatic nitrogens is 1. The molecule has 7 heteroatoms. The van der Waals surface area contributed by atoms with Gasteiger partial charge in [0.05, 0.1) is 38.6 Å². The van der Waals surface area contributed by atoms with Crippen molar-refractivity contribution in [1.82, 2.24) is 9.88 Å². The summed E-state index contributed by atoms with van der Waals surface area (Å²) < 4.78 is 22.3. The molecule has 2 aromatic carbocycles. The highest BCUT2D eigenvalue weighted by Crippen LogP contribution is 2.35. The van der Waals surface area contributed by atoms with E-state index < -0.39 is 0 Å². The molecule has 7 nitrogen and oxygen atoms in total. The molecule has 1 fully saturated rings. The summed E-state index contributed by atoms with van der Waals surface area (Å²) in [6.45, 7) is 3.67. The van der Waals surface area contributed by atoms with Crippen molar-refractivity contribution in [3.8, 4) is 28.5 Å². The Balaban J connectivity index is 1.83. The molecule has 1 aliphatic rings. The van der Waals surface area contributed by atoms with Crippen LogP contribution in [0.25, 0.3) is 22.2 Å². The van der Waals surface area contributed by atoms with E-state index in [-0.39, 0.29) is 12.0 Å². The summed E-state index contributed by atoms with van der Waals surface area (Å²) in [6, 6.07) is 13.7. The highest BCUT2D eigenvalue weighted by atomic mass is 16.5. The molecular formula is C27H32N2O5. The molecule has 1 atom stereocenters. The zero-order chi connectivity index (χ0) is 24.1. The minimum atomic E-state index is 0.0774. The van der Waals surface area contributed by atoms with Crippen LogP contribution in [0.3, 0.4) is 0 Å². The van der Waals surface area contributed by atoms with Crippen LogP contribution in [-0.4, -0.2) is 56.4 Å². The first-order valence-corrected chi connectivity index (χ1v) is 11.7. The molecule has 3 aromatic rings. The summed E-state index contributed by atoms with van der Waals surface area (Å²) in [5, 5.41) is 0.917. The maximum atomic E-state index is 12.9. The Bertz CT molecular complexity index is 1160. The molecule has 1 amide bonds. The van der Waals surface area contributed by atoms with Gasteiger partial charge in [-0.3, -0.25) is 4.79 Å². The van der Waals surface area contributed by atoms with Crippen molar-refractivity contribution in [2.75, 3.05) is 34.5 Å². The number of amides is 1. The van der Waals surface area contributed by atoms with Crippen LogP contribution in [0.5, 0.6) is 17.2 Å². The van der Waals surface area contributed by atoms with E-state index in [2.05, 4.69) is 6.07 Å². The molecule has 0 bridgehead atoms. The topological polar surface area (TPSA) is 70.1 Å². The third kappa shape index (κ3) is 5.09. The predicted octanol–water partition coefficient (Wildman–Crippen LogP) is 4.85. The van der Waals surface area contributed by atoms with E-state index in [4.69, 9.17) is 23.9 Å². The second kappa shape index (κ2) is 10.7. The van der Waals surface area contributed by atoms with Crippen molar-refractivity contribution in [1.29, 1.82) is 0 Å². The lowest BCUT2D eigenvalue weighted by molar-refractivity contribution is -0.133. The molecule has 0 saturated carbocycles. The number of ether oxygens (including phenoxy) is 4. The van der Waals surface area contributed by atoms with Gasteiger partial charge in [0.15, 0.2) is 11.5 Å². The molecule has 0 spiro atoms. The van der Waals surface area contributed by atoms with Crippen molar-refractivity contribution >= 4 is 16.8 Å². The summed E-state index contributed by atoms with van der Waals surface area (Å²) >= 11 is 0. The third-order valence-electron chi connectivity index (χ3n) is 6.21. The van der Waals surface area contributed by atoms with Crippen LogP contribution in [0.4, 0.5) is 0 Å². The van der Waals surface area contributed by atoms with Crippen LogP contribution in [0.1, 0.15) is 31.7 Å². The van der Waals surface area contributed by atoms with E-state index in [1.807, 2.05) is 48.2 Å². The molecule has 4 rings (SSSR count). The van der Waals surface area contributed by atoms with Gasteiger partial charge in [-0.05, 0) is 42.7 Å². The van der Waals surface area contributed by atoms with Crippen LogP contribution in [0.2, 0.25) is 0 Å². The summed E-state index contributed by atoms with van der Waals surface area (Å²) in [5.41, 5.74) is 3.46. The normalized spacial score (nSPS) is 15.4. The number of carbonyl (C=O) groups excluding carboxylic acids is 1. The Labute approximate surface area is 200 Å². The number of methoxy groups -OCH3 is 3. The molecule has 2 heterocycles. The van der Waals surface area contributed by atoms with Gasteiger partial charge in [0.1, 0.15) is 5.75 Å². The standard InChI is InChI=1S/C27H32N2O5/c1-5-26(30)29(17-22-10-7-11-34-22)16-20-12-19-14-24(32-3)25(33-4)15-23(19)28-27(20)18-8-6-9-21(13-18)31-2/h6,8-9,12-15,22H,5,7,10-11,16-17H2,1-4H3/t22-/m1/s1. The highest BCUT2D eigenvalue weighted by molar-refractivity contribution is 5.87. The fourth-order valence-electron chi connectivity index (χ4n) is 4.40. The Hall–Kier alpha value is -3.32. The second-order valence-electron chi connectivity index (χ2n) is 8.39. The van der Waals surface area contributed by atoms with Crippen LogP contribution in [0.15, 0.2) is 42.5 Å². The summed E-state index contributed by atoms with van der Waals surface area (Å²) in [4.78, 5) is 19.8. The van der Waals surface area contributed by atoms with Gasteiger partial charge in [0.25, 0.3) is 0 Å². The van der Waals surface area contributed by atoms with Gasteiger partial charge in [0, 0.05) is 43.1 Å². The smallest absolute Gasteiger partial charge is 0.222 e. The number of fused-ring (bicyclic) bond motifs is 1. The van der Waals surface area contributed by atoms with Crippen molar-refractivity contribution in [2.24, 2.45) is 0 Å². The van der Waals surface area contributed by atoms with Crippen LogP contribution >= 0.6 is 0 Å². The number of rotatable bonds is 9. The van der Waals surface area contributed by atoms with E-state index in [0.29, 0.717) is 31.0 Å². The number of benzene rings is 2. The van der Waals surface area contributed by atoms with Crippen molar-refractivity contribution in [3.05, 3.63) is 48.0 Å². The number of pyridine rings is 1. The van der Waals surface area contributed by atoms with Gasteiger partial charge in [-0.15, -0.1) is 0 Å². The molecule has 180 valence electrons. The summed E-state index contributed by atoms with van der Waals surface area (Å²) in [5.74, 6) is 2.10. The van der Waals surface area contributed by atoms with Crippen LogP contribution in [0, 0.1) is 0 Å². The van der Waals surface area contributed by atoms with Gasteiger partial charge in [0.2, 0.25) is 5.91 Å². The van der Waals surface area contributed by atoms with Gasteiger partial charge in [-0.2, -0.15) is 0 Å². The first-order valence-electron chi connectivity index (χ1n) is 11.7. The molecule has 0 N–H and O–H groups in total. The molecule has 1 aliphatic heterocycles. The lowest BCUT2D eigenvalue weighted by atomic mass is 10.0. The zero-order valence-corrected chi connectivity index (χ0v) is 20.3. The zero-order valence-electron chi connectivity index (χ0n) is 20.3. The van der Waals surface area contributed by atoms with Crippen molar-refractivity contribution < 1.29 is 23.7 Å². The first kappa shape index (κ1) is 23.8. The van der Waals surface area contributed by atoms with Gasteiger partial charge in [-0.25, -0.2) is 4.98 Å². The Kier molecular flexibility index (Phi) is 7.53. The Morgan fingerprint density at radius 3 is 2.56 bits per heavy atom. The van der Waals surface area contributed by atoms with E-state index in [1.165, 1.54) is 0 Å². The monoisotopic (exact) mass is 464 g/mol. The fraction of sp³-hybridized carbons (Fsp3) is 0.407. The Morgan fingerprint density at radius 2 is 1.88 bits per heavy atom. The van der Waals surface area contributed by atoms with Gasteiger partial charge < -0.3 is 23.8 Å². The molecule has 1 aromatic heterocycles. The van der Waals surface area contributed by atoms with Gasteiger partial charge >= 0.3 is 0 Å². The predicted molar refractivity (Wildman–Crippen MR) is 132 cm³/mol. The first-order chi connectivity index (χ1) is 16.6. The second-order valence-corrected chi connectivity index (χ2v) is 8.39. The van der Waals surface area contributed by atoms with Crippen molar-refractivity contribution in [3.63, 3.8) is 0 Å². The lowest BCUT2D eigenvalue weighted by Crippen LogP contribution is -2.36. The Morgan fingerprint density at radius 1 is 1.09 bits per heavy atom. The molecular weight excluding hydrogens is 432 g/mol. The number of hydrogen-bond donors (Lipinski definition) is 0. The maximum absolute atomic E-state index is 12.9. The van der Waals surface area contributed by atoms with E-state index in [1.54, 1.807) is 21.3 Å². The van der Waals surface area contributed by atoms with Crippen LogP contribution < -0.4 is 14.2 Å². The summed E-state index contributed by atoms with van der Waals surface area (Å²) in [7, 11) is 4.88. The lowest BCUT2D eigenvalue weighted by Gasteiger charge is -2.26. The average Bonchev–Trinajstić information content (AvgIpc) is 3.39. The minimum Gasteiger partial charge on any atom is -0.497 e. The van der Waals surface area contributed by atoms with Crippen molar-refractivity contribution in [2.45, 2.75) is 38.8 Å². The number of carbonyl (C=O) groups is 1. The molecule has 1 saturated heterocycles. The largest absolute Gasteiger partial charge is 0.497 e. The molecule has 0 unspecified atom stereocenters. The van der Waals surface area contributed by atoms with E-state index in [9.17, 15) is 4.79 Å². The third-order valence-corrected chi connectivity index (χ3v) is 6.21. The average molecular weight is 465 g/mol. The molecule has 0 radical (unpaired) electrons. The highest BCUT2D eigenvalue weighted by Gasteiger charge is 2.24. The van der Waals surface area contributed by atoms with Crippen LogP contribution in [-0.2, 0) is 16.1 Å². The summed E-state index contributed by atoms with van der Waals surface area (Å²) in [6.07, 6.45) is 2.53. The van der Waals surface area contributed by atoms with E-state index >= 15 is 0 Å². The number of nitrogens with zero attached hydrogens (tertiary/aromatic N) is 2. The van der Waals surface area contributed by atoms with Gasteiger partial charge in [-0.1, -0.05) is 19.1 Å². The minimum absolute atomic E-state index is 0.0774. The molecule has 0 aliphatic carbocycles. The molecule has 34 heavy (non-hydrogen) atoms. The SMILES string of the molecule is CCC(=O)N(Cc1cc2cc(OC)c(OC)cc2nc1-c1cccc(OC)c1)C[C@H]1CCCO1. The maximum Gasteiger partial charge on any atom is 0.222 e.